The summed E-state index contributed by atoms with van der Waals surface area (Å²) >= 11 is 3.19. The van der Waals surface area contributed by atoms with Gasteiger partial charge in [0.05, 0.1) is 5.54 Å². The van der Waals surface area contributed by atoms with Crippen LogP contribution in [0.5, 0.6) is 5.75 Å². The molecule has 1 rings (SSSR count). The maximum absolute atomic E-state index is 12.5. The fourth-order valence-electron chi connectivity index (χ4n) is 1.18. The first kappa shape index (κ1) is 12.4. The summed E-state index contributed by atoms with van der Waals surface area (Å²) in [7, 11) is 0. The number of nitrogens with two attached hydrogens (primary N) is 1. The molecule has 0 saturated carbocycles. The van der Waals surface area contributed by atoms with Crippen LogP contribution in [0.25, 0.3) is 0 Å². The van der Waals surface area contributed by atoms with E-state index in [4.69, 9.17) is 5.73 Å². The van der Waals surface area contributed by atoms with Gasteiger partial charge < -0.3 is 10.8 Å². The van der Waals surface area contributed by atoms with E-state index in [1.165, 1.54) is 13.0 Å². The minimum atomic E-state index is -2.64. The van der Waals surface area contributed by atoms with Crippen LogP contribution in [0.3, 0.4) is 0 Å². The lowest BCUT2D eigenvalue weighted by atomic mass is 9.94. The molecule has 0 amide bonds. The molecule has 0 radical (unpaired) electrons. The summed E-state index contributed by atoms with van der Waals surface area (Å²) in [5.41, 5.74) is 4.22. The second kappa shape index (κ2) is 4.45. The molecule has 1 aromatic rings. The third-order valence-electron chi connectivity index (χ3n) is 2.15. The van der Waals surface area contributed by atoms with Gasteiger partial charge in [0.15, 0.2) is 0 Å². The van der Waals surface area contributed by atoms with Crippen molar-refractivity contribution in [2.24, 2.45) is 5.73 Å². The van der Waals surface area contributed by atoms with Gasteiger partial charge in [0.2, 0.25) is 0 Å². The number of phenolic OH excluding ortho intramolecular Hbond substituents is 1. The van der Waals surface area contributed by atoms with E-state index in [0.29, 0.717) is 10.0 Å². The Hall–Kier alpha value is -0.680. The highest BCUT2D eigenvalue weighted by Gasteiger charge is 2.31. The highest BCUT2D eigenvalue weighted by molar-refractivity contribution is 9.10. The van der Waals surface area contributed by atoms with Crippen molar-refractivity contribution in [1.82, 2.24) is 0 Å². The van der Waals surface area contributed by atoms with Gasteiger partial charge >= 0.3 is 0 Å². The Kier molecular flexibility index (Phi) is 3.67. The Morgan fingerprint density at radius 2 is 2.13 bits per heavy atom. The third kappa shape index (κ3) is 2.89. The number of alkyl halides is 2. The second-order valence-electron chi connectivity index (χ2n) is 3.72. The Morgan fingerprint density at radius 3 is 2.60 bits per heavy atom. The van der Waals surface area contributed by atoms with Gasteiger partial charge in [-0.25, -0.2) is 8.78 Å². The van der Waals surface area contributed by atoms with E-state index in [1.54, 1.807) is 12.1 Å². The summed E-state index contributed by atoms with van der Waals surface area (Å²) in [5, 5.41) is 9.51. The SMILES string of the molecule is CC(N)(Cc1c(O)cccc1Br)C(F)F. The molecule has 0 spiro atoms. The van der Waals surface area contributed by atoms with Crippen LogP contribution in [-0.4, -0.2) is 17.1 Å². The quantitative estimate of drug-likeness (QED) is 0.894. The van der Waals surface area contributed by atoms with Crippen molar-refractivity contribution in [3.8, 4) is 5.75 Å². The predicted molar refractivity (Wildman–Crippen MR) is 58.1 cm³/mol. The molecule has 0 aliphatic heterocycles. The van der Waals surface area contributed by atoms with E-state index in [9.17, 15) is 13.9 Å². The molecule has 1 unspecified atom stereocenters. The zero-order chi connectivity index (χ0) is 11.6. The highest BCUT2D eigenvalue weighted by atomic mass is 79.9. The van der Waals surface area contributed by atoms with Gasteiger partial charge in [0, 0.05) is 16.5 Å². The lowest BCUT2D eigenvalue weighted by Crippen LogP contribution is -2.45. The maximum atomic E-state index is 12.5. The lowest BCUT2D eigenvalue weighted by molar-refractivity contribution is 0.0635. The smallest absolute Gasteiger partial charge is 0.256 e. The molecule has 2 nitrogen and oxygen atoms in total. The average molecular weight is 280 g/mol. The summed E-state index contributed by atoms with van der Waals surface area (Å²) in [4.78, 5) is 0. The lowest BCUT2D eigenvalue weighted by Gasteiger charge is -2.24. The first-order valence-corrected chi connectivity index (χ1v) is 5.17. The molecular weight excluding hydrogens is 268 g/mol. The summed E-state index contributed by atoms with van der Waals surface area (Å²) in [6.45, 7) is 1.26. The molecule has 84 valence electrons. The molecule has 0 bridgehead atoms. The molecular formula is C10H12BrF2NO. The summed E-state index contributed by atoms with van der Waals surface area (Å²) in [6.07, 6.45) is -2.72. The molecule has 1 aromatic carbocycles. The normalized spacial score (nSPS) is 15.3. The Morgan fingerprint density at radius 1 is 1.53 bits per heavy atom. The number of rotatable bonds is 3. The number of hydrogen-bond acceptors (Lipinski definition) is 2. The maximum Gasteiger partial charge on any atom is 0.256 e. The molecule has 0 aromatic heterocycles. The van der Waals surface area contributed by atoms with E-state index in [1.807, 2.05) is 0 Å². The van der Waals surface area contributed by atoms with Crippen molar-refractivity contribution < 1.29 is 13.9 Å². The van der Waals surface area contributed by atoms with Crippen molar-refractivity contribution in [2.75, 3.05) is 0 Å². The van der Waals surface area contributed by atoms with Crippen LogP contribution < -0.4 is 5.73 Å². The molecule has 15 heavy (non-hydrogen) atoms. The summed E-state index contributed by atoms with van der Waals surface area (Å²) in [6, 6.07) is 4.75. The van der Waals surface area contributed by atoms with E-state index in [0.717, 1.165) is 0 Å². The largest absolute Gasteiger partial charge is 0.508 e. The number of phenols is 1. The van der Waals surface area contributed by atoms with E-state index >= 15 is 0 Å². The molecule has 3 N–H and O–H groups in total. The average Bonchev–Trinajstić information content (AvgIpc) is 2.11. The van der Waals surface area contributed by atoms with Gasteiger partial charge in [-0.05, 0) is 19.1 Å². The minimum absolute atomic E-state index is 0.0262. The van der Waals surface area contributed by atoms with Crippen molar-refractivity contribution in [1.29, 1.82) is 0 Å². The molecule has 0 aliphatic carbocycles. The van der Waals surface area contributed by atoms with Crippen LogP contribution in [0.15, 0.2) is 22.7 Å². The van der Waals surface area contributed by atoms with Crippen LogP contribution in [0, 0.1) is 0 Å². The number of hydrogen-bond donors (Lipinski definition) is 2. The summed E-state index contributed by atoms with van der Waals surface area (Å²) in [5.74, 6) is -0.0262. The number of aromatic hydroxyl groups is 1. The van der Waals surface area contributed by atoms with Crippen molar-refractivity contribution in [3.05, 3.63) is 28.2 Å². The number of halogens is 3. The van der Waals surface area contributed by atoms with Gasteiger partial charge in [0.25, 0.3) is 6.43 Å². The number of benzene rings is 1. The van der Waals surface area contributed by atoms with Gasteiger partial charge in [-0.2, -0.15) is 0 Å². The third-order valence-corrected chi connectivity index (χ3v) is 2.89. The van der Waals surface area contributed by atoms with Gasteiger partial charge in [0.1, 0.15) is 5.75 Å². The van der Waals surface area contributed by atoms with E-state index in [-0.39, 0.29) is 12.2 Å². The van der Waals surface area contributed by atoms with Crippen molar-refractivity contribution in [3.63, 3.8) is 0 Å². The molecule has 0 heterocycles. The van der Waals surface area contributed by atoms with Crippen LogP contribution >= 0.6 is 15.9 Å². The monoisotopic (exact) mass is 279 g/mol. The van der Waals surface area contributed by atoms with Crippen LogP contribution in [0.1, 0.15) is 12.5 Å². The Labute approximate surface area is 95.2 Å². The molecule has 0 aliphatic rings. The standard InChI is InChI=1S/C10H12BrF2NO/c1-10(14,9(12)13)5-6-7(11)3-2-4-8(6)15/h2-4,9,15H,5,14H2,1H3. The summed E-state index contributed by atoms with van der Waals surface area (Å²) < 4.78 is 25.7. The topological polar surface area (TPSA) is 46.2 Å². The molecule has 0 saturated heterocycles. The van der Waals surface area contributed by atoms with Crippen LogP contribution in [0.2, 0.25) is 0 Å². The van der Waals surface area contributed by atoms with Crippen molar-refractivity contribution in [2.45, 2.75) is 25.3 Å². The Balaban J connectivity index is 2.99. The zero-order valence-electron chi connectivity index (χ0n) is 8.17. The van der Waals surface area contributed by atoms with E-state index in [2.05, 4.69) is 15.9 Å². The minimum Gasteiger partial charge on any atom is -0.508 e. The first-order valence-electron chi connectivity index (χ1n) is 4.38. The Bertz CT molecular complexity index is 335. The van der Waals surface area contributed by atoms with Gasteiger partial charge in [-0.15, -0.1) is 0 Å². The van der Waals surface area contributed by atoms with E-state index < -0.39 is 12.0 Å². The van der Waals surface area contributed by atoms with Gasteiger partial charge in [-0.3, -0.25) is 0 Å². The second-order valence-corrected chi connectivity index (χ2v) is 4.58. The fourth-order valence-corrected chi connectivity index (χ4v) is 1.68. The van der Waals surface area contributed by atoms with Gasteiger partial charge in [-0.1, -0.05) is 22.0 Å². The molecule has 0 fully saturated rings. The highest BCUT2D eigenvalue weighted by Crippen LogP contribution is 2.30. The van der Waals surface area contributed by atoms with Crippen molar-refractivity contribution >= 4 is 15.9 Å². The first-order chi connectivity index (χ1) is 6.84. The molecule has 5 heteroatoms. The van der Waals surface area contributed by atoms with Crippen LogP contribution in [0.4, 0.5) is 8.78 Å². The molecule has 1 atom stereocenters. The fraction of sp³-hybridized carbons (Fsp3) is 0.400. The zero-order valence-corrected chi connectivity index (χ0v) is 9.76. The van der Waals surface area contributed by atoms with Crippen LogP contribution in [-0.2, 0) is 6.42 Å². The predicted octanol–water partition coefficient (Wildman–Crippen LogP) is 2.68.